The lowest BCUT2D eigenvalue weighted by molar-refractivity contribution is 0.394. The van der Waals surface area contributed by atoms with Crippen LogP contribution in [0.3, 0.4) is 0 Å². The van der Waals surface area contributed by atoms with E-state index in [0.29, 0.717) is 11.0 Å². The average molecular weight is 221 g/mol. The normalized spacial score (nSPS) is 14.8. The molecule has 0 aromatic carbocycles. The minimum absolute atomic E-state index is 0.158. The summed E-state index contributed by atoms with van der Waals surface area (Å²) in [6.07, 6.45) is 0. The van der Waals surface area contributed by atoms with Gasteiger partial charge in [-0.05, 0) is 6.07 Å². The molecule has 0 saturated heterocycles. The lowest BCUT2D eigenvalue weighted by Gasteiger charge is -2.01. The molecule has 0 saturated carbocycles. The highest BCUT2D eigenvalue weighted by atomic mass is 79.9. The molecule has 1 rings (SSSR count). The molecule has 60 valence electrons. The summed E-state index contributed by atoms with van der Waals surface area (Å²) < 4.78 is 25.0. The Kier molecular flexibility index (Phi) is 1.58. The molecule has 0 bridgehead atoms. The molecule has 0 radical (unpaired) electrons. The minimum atomic E-state index is -2.56. The Morgan fingerprint density at radius 1 is 1.82 bits per heavy atom. The monoisotopic (exact) mass is 220 g/mol. The number of nitrogen functional groups attached to an aromatic ring is 1. The average Bonchev–Trinajstić information content (AvgIpc) is 2.06. The Balaban J connectivity index is 2.89. The highest BCUT2D eigenvalue weighted by Gasteiger charge is 2.01. The van der Waals surface area contributed by atoms with Crippen LogP contribution in [0.25, 0.3) is 0 Å². The molecule has 0 amide bonds. The summed E-state index contributed by atoms with van der Waals surface area (Å²) in [6.45, 7) is 0. The Morgan fingerprint density at radius 2 is 2.64 bits per heavy atom. The topological polar surface area (TPSA) is 61.0 Å². The van der Waals surface area contributed by atoms with E-state index in [2.05, 4.69) is 30.9 Å². The second-order valence-corrected chi connectivity index (χ2v) is 2.39. The van der Waals surface area contributed by atoms with Crippen molar-refractivity contribution in [2.45, 2.75) is 5.33 Å². The summed E-state index contributed by atoms with van der Waals surface area (Å²) in [5.41, 5.74) is 6.28. The van der Waals surface area contributed by atoms with Gasteiger partial charge >= 0.3 is 0 Å². The van der Waals surface area contributed by atoms with Crippen molar-refractivity contribution in [1.82, 2.24) is 10.2 Å². The molecule has 2 N–H and O–H groups in total. The number of alkyl halides is 1. The quantitative estimate of drug-likeness (QED) is 0.755. The summed E-state index contributed by atoms with van der Waals surface area (Å²) in [4.78, 5) is 0. The van der Waals surface area contributed by atoms with Gasteiger partial charge in [0.2, 0.25) is 0 Å². The number of methoxy groups -OCH3 is 1. The third-order valence-electron chi connectivity index (χ3n) is 1.07. The molecule has 0 aliphatic heterocycles. The molecule has 0 atom stereocenters. The van der Waals surface area contributed by atoms with Crippen LogP contribution in [0.2, 0.25) is 0 Å². The van der Waals surface area contributed by atoms with Crippen molar-refractivity contribution in [3.63, 3.8) is 0 Å². The maximum Gasteiger partial charge on any atom is 0.256 e. The number of nitrogens with two attached hydrogens (primary N) is 1. The second kappa shape index (κ2) is 3.52. The molecule has 0 unspecified atom stereocenters. The molecule has 5 heteroatoms. The van der Waals surface area contributed by atoms with E-state index in [1.54, 1.807) is 0 Å². The van der Waals surface area contributed by atoms with Crippen LogP contribution in [0.4, 0.5) is 5.69 Å². The molecule has 0 aliphatic rings. The fourth-order valence-corrected chi connectivity index (χ4v) is 0.856. The molecule has 4 nitrogen and oxygen atoms in total. The van der Waals surface area contributed by atoms with Crippen LogP contribution in [-0.4, -0.2) is 17.2 Å². The van der Waals surface area contributed by atoms with E-state index in [-0.39, 0.29) is 11.6 Å². The van der Waals surface area contributed by atoms with Crippen LogP contribution in [0.5, 0.6) is 5.88 Å². The molecular formula is C6H8BrN3O. The number of rotatable bonds is 2. The molecule has 0 aliphatic carbocycles. The zero-order chi connectivity index (χ0) is 10.8. The Bertz CT molecular complexity index is 331. The van der Waals surface area contributed by atoms with Gasteiger partial charge in [-0.3, -0.25) is 0 Å². The molecule has 1 aromatic heterocycles. The van der Waals surface area contributed by atoms with Crippen molar-refractivity contribution in [2.75, 3.05) is 12.8 Å². The predicted molar refractivity (Wildman–Crippen MR) is 45.6 cm³/mol. The van der Waals surface area contributed by atoms with Gasteiger partial charge in [-0.15, -0.1) is 5.10 Å². The van der Waals surface area contributed by atoms with Crippen LogP contribution in [0.1, 0.15) is 9.81 Å². The number of hydrogen-bond acceptors (Lipinski definition) is 4. The fraction of sp³-hybridized carbons (Fsp3) is 0.333. The van der Waals surface area contributed by atoms with E-state index in [1.807, 2.05) is 0 Å². The number of nitrogens with zero attached hydrogens (tertiary/aromatic N) is 2. The van der Waals surface area contributed by atoms with E-state index in [1.165, 1.54) is 6.07 Å². The standard InChI is InChI=1S/C6H8BrN3O/c1-11-6-5(8)2-4(3-7)9-10-6/h2H,3H2,1H3,(H2,8,9)/i1D3. The number of anilines is 1. The Hall–Kier alpha value is -0.840. The van der Waals surface area contributed by atoms with Crippen molar-refractivity contribution < 1.29 is 8.85 Å². The second-order valence-electron chi connectivity index (χ2n) is 1.83. The fourth-order valence-electron chi connectivity index (χ4n) is 0.582. The van der Waals surface area contributed by atoms with Gasteiger partial charge in [0.25, 0.3) is 5.88 Å². The first kappa shape index (κ1) is 4.92. The van der Waals surface area contributed by atoms with Gasteiger partial charge in [0.05, 0.1) is 22.5 Å². The SMILES string of the molecule is [2H]C([2H])([2H])Oc1nnc(CBr)cc1N. The molecule has 0 spiro atoms. The van der Waals surface area contributed by atoms with Gasteiger partial charge in [0.1, 0.15) is 0 Å². The Morgan fingerprint density at radius 3 is 3.18 bits per heavy atom. The molecule has 1 aromatic rings. The van der Waals surface area contributed by atoms with Gasteiger partial charge in [0.15, 0.2) is 0 Å². The van der Waals surface area contributed by atoms with Crippen LogP contribution in [0.15, 0.2) is 6.07 Å². The largest absolute Gasteiger partial charge is 0.478 e. The van der Waals surface area contributed by atoms with Crippen molar-refractivity contribution >= 4 is 21.6 Å². The zero-order valence-electron chi connectivity index (χ0n) is 8.54. The molecular weight excluding hydrogens is 210 g/mol. The third kappa shape index (κ3) is 1.80. The molecule has 0 fully saturated rings. The number of aromatic nitrogens is 2. The minimum Gasteiger partial charge on any atom is -0.478 e. The van der Waals surface area contributed by atoms with Gasteiger partial charge in [-0.25, -0.2) is 0 Å². The number of ether oxygens (including phenoxy) is 1. The first-order valence-electron chi connectivity index (χ1n) is 4.29. The van der Waals surface area contributed by atoms with E-state index in [0.717, 1.165) is 0 Å². The van der Waals surface area contributed by atoms with Crippen LogP contribution < -0.4 is 10.5 Å². The lowest BCUT2D eigenvalue weighted by Crippen LogP contribution is -1.99. The maximum atomic E-state index is 6.84. The van der Waals surface area contributed by atoms with E-state index >= 15 is 0 Å². The summed E-state index contributed by atoms with van der Waals surface area (Å²) in [5.74, 6) is -0.172. The summed E-state index contributed by atoms with van der Waals surface area (Å²) in [7, 11) is -2.56. The maximum absolute atomic E-state index is 6.84. The van der Waals surface area contributed by atoms with Crippen LogP contribution in [0, 0.1) is 0 Å². The smallest absolute Gasteiger partial charge is 0.256 e. The summed E-state index contributed by atoms with van der Waals surface area (Å²) in [5, 5.41) is 7.74. The highest BCUT2D eigenvalue weighted by Crippen LogP contribution is 2.16. The van der Waals surface area contributed by atoms with Gasteiger partial charge < -0.3 is 10.5 Å². The lowest BCUT2D eigenvalue weighted by atomic mass is 10.4. The van der Waals surface area contributed by atoms with Crippen molar-refractivity contribution in [1.29, 1.82) is 0 Å². The van der Waals surface area contributed by atoms with E-state index in [9.17, 15) is 0 Å². The van der Waals surface area contributed by atoms with Gasteiger partial charge in [0, 0.05) is 5.33 Å². The van der Waals surface area contributed by atoms with E-state index in [4.69, 9.17) is 9.85 Å². The highest BCUT2D eigenvalue weighted by molar-refractivity contribution is 9.08. The molecule has 1 heterocycles. The third-order valence-corrected chi connectivity index (χ3v) is 1.65. The Labute approximate surface area is 77.1 Å². The van der Waals surface area contributed by atoms with Gasteiger partial charge in [-0.2, -0.15) is 5.10 Å². The van der Waals surface area contributed by atoms with Crippen LogP contribution >= 0.6 is 15.9 Å². The van der Waals surface area contributed by atoms with Crippen molar-refractivity contribution in [3.8, 4) is 5.88 Å². The number of hydrogen-bond donors (Lipinski definition) is 1. The van der Waals surface area contributed by atoms with Gasteiger partial charge in [-0.1, -0.05) is 15.9 Å². The molecule has 11 heavy (non-hydrogen) atoms. The first-order chi connectivity index (χ1) is 6.42. The van der Waals surface area contributed by atoms with E-state index < -0.39 is 7.04 Å². The zero-order valence-corrected chi connectivity index (χ0v) is 7.13. The van der Waals surface area contributed by atoms with Crippen molar-refractivity contribution in [2.24, 2.45) is 0 Å². The summed E-state index contributed by atoms with van der Waals surface area (Å²) in [6, 6.07) is 1.50. The van der Waals surface area contributed by atoms with Crippen LogP contribution in [-0.2, 0) is 5.33 Å². The summed E-state index contributed by atoms with van der Waals surface area (Å²) >= 11 is 3.17. The first-order valence-corrected chi connectivity index (χ1v) is 3.91. The van der Waals surface area contributed by atoms with Crippen molar-refractivity contribution in [3.05, 3.63) is 11.8 Å². The number of halogens is 1. The predicted octanol–water partition coefficient (Wildman–Crippen LogP) is 0.962.